The molecule has 0 unspecified atom stereocenters. The van der Waals surface area contributed by atoms with Gasteiger partial charge in [-0.3, -0.25) is 9.62 Å². The van der Waals surface area contributed by atoms with E-state index in [0.717, 1.165) is 19.3 Å². The highest BCUT2D eigenvalue weighted by molar-refractivity contribution is 7.92. The highest BCUT2D eigenvalue weighted by atomic mass is 32.2. The predicted octanol–water partition coefficient (Wildman–Crippen LogP) is 1.65. The lowest BCUT2D eigenvalue weighted by atomic mass is 10.1. The fourth-order valence-electron chi connectivity index (χ4n) is 3.53. The molecule has 32 heavy (non-hydrogen) atoms. The third-order valence-electron chi connectivity index (χ3n) is 4.96. The lowest BCUT2D eigenvalue weighted by molar-refractivity contribution is 0.0297. The highest BCUT2D eigenvalue weighted by Crippen LogP contribution is 2.29. The molecule has 0 aliphatic carbocycles. The molecule has 0 radical (unpaired) electrons. The van der Waals surface area contributed by atoms with Gasteiger partial charge in [-0.05, 0) is 30.3 Å². The molecule has 0 spiro atoms. The van der Waals surface area contributed by atoms with Crippen molar-refractivity contribution in [1.29, 1.82) is 0 Å². The van der Waals surface area contributed by atoms with E-state index in [4.69, 9.17) is 9.26 Å². The molecule has 1 aliphatic heterocycles. The zero-order valence-corrected chi connectivity index (χ0v) is 18.1. The maximum Gasteiger partial charge on any atom is 0.241 e. The highest BCUT2D eigenvalue weighted by Gasteiger charge is 2.17. The molecule has 1 N–H and O–H groups in total. The van der Waals surface area contributed by atoms with Crippen LogP contribution in [-0.4, -0.2) is 70.6 Å². The van der Waals surface area contributed by atoms with Crippen molar-refractivity contribution in [2.75, 3.05) is 37.3 Å². The van der Waals surface area contributed by atoms with E-state index in [-0.39, 0.29) is 0 Å². The van der Waals surface area contributed by atoms with Crippen LogP contribution in [0.15, 0.2) is 47.2 Å². The van der Waals surface area contributed by atoms with Crippen molar-refractivity contribution < 1.29 is 17.7 Å². The normalized spacial score (nSPS) is 15.3. The van der Waals surface area contributed by atoms with Gasteiger partial charge in [0.05, 0.1) is 37.9 Å². The Morgan fingerprint density at radius 2 is 1.94 bits per heavy atom. The van der Waals surface area contributed by atoms with Crippen LogP contribution < -0.4 is 4.72 Å². The maximum atomic E-state index is 11.9. The van der Waals surface area contributed by atoms with Crippen LogP contribution in [0.1, 0.15) is 5.89 Å². The number of ether oxygens (including phenoxy) is 1. The molecule has 11 nitrogen and oxygen atoms in total. The average molecular weight is 456 g/mol. The molecule has 1 fully saturated rings. The summed E-state index contributed by atoms with van der Waals surface area (Å²) in [7, 11) is -3.48. The first-order valence-corrected chi connectivity index (χ1v) is 11.9. The fourth-order valence-corrected chi connectivity index (χ4v) is 4.08. The van der Waals surface area contributed by atoms with E-state index < -0.39 is 10.0 Å². The summed E-state index contributed by atoms with van der Waals surface area (Å²) in [6.45, 7) is 3.49. The van der Waals surface area contributed by atoms with Crippen molar-refractivity contribution >= 4 is 21.4 Å². The van der Waals surface area contributed by atoms with Gasteiger partial charge in [0.25, 0.3) is 0 Å². The van der Waals surface area contributed by atoms with E-state index >= 15 is 0 Å². The number of hydrogen-bond donors (Lipinski definition) is 1. The Kier molecular flexibility index (Phi) is 5.33. The van der Waals surface area contributed by atoms with Gasteiger partial charge in [-0.15, -0.1) is 0 Å². The molecule has 0 atom stereocenters. The molecule has 4 heterocycles. The number of morpholine rings is 1. The van der Waals surface area contributed by atoms with Gasteiger partial charge in [-0.1, -0.05) is 5.16 Å². The van der Waals surface area contributed by atoms with Crippen LogP contribution in [0.3, 0.4) is 0 Å². The molecule has 4 aromatic rings. The first kappa shape index (κ1) is 20.5. The summed E-state index contributed by atoms with van der Waals surface area (Å²) >= 11 is 0. The second-order valence-electron chi connectivity index (χ2n) is 7.53. The minimum Gasteiger partial charge on any atom is -0.379 e. The Labute approximate surface area is 184 Å². The SMILES string of the molecule is CS(=O)(=O)Nc1cc(-c2cn3ncccc3n2)cc(-c2noc(CN3CCOCC3)n2)c1. The Morgan fingerprint density at radius 1 is 1.12 bits per heavy atom. The van der Waals surface area contributed by atoms with Crippen LogP contribution in [0.5, 0.6) is 0 Å². The molecule has 0 bridgehead atoms. The largest absolute Gasteiger partial charge is 0.379 e. The number of nitrogens with one attached hydrogen (secondary N) is 1. The van der Waals surface area contributed by atoms with Gasteiger partial charge < -0.3 is 9.26 Å². The summed E-state index contributed by atoms with van der Waals surface area (Å²) in [4.78, 5) is 11.3. The minimum absolute atomic E-state index is 0.369. The zero-order chi connectivity index (χ0) is 22.1. The molecule has 0 amide bonds. The number of benzene rings is 1. The predicted molar refractivity (Wildman–Crippen MR) is 116 cm³/mol. The van der Waals surface area contributed by atoms with Crippen LogP contribution in [0.4, 0.5) is 5.69 Å². The van der Waals surface area contributed by atoms with Crippen LogP contribution in [-0.2, 0) is 21.3 Å². The van der Waals surface area contributed by atoms with Gasteiger partial charge in [-0.2, -0.15) is 10.1 Å². The van der Waals surface area contributed by atoms with E-state index in [1.165, 1.54) is 0 Å². The standard InChI is InChI=1S/C20H21N7O4S/c1-32(28,29)25-16-10-14(17-12-27-18(22-17)3-2-4-21-27)9-15(11-16)20-23-19(31-24-20)13-26-5-7-30-8-6-26/h2-4,9-12,25H,5-8,13H2,1H3. The van der Waals surface area contributed by atoms with Crippen LogP contribution in [0.25, 0.3) is 28.3 Å². The lowest BCUT2D eigenvalue weighted by Crippen LogP contribution is -2.35. The second-order valence-corrected chi connectivity index (χ2v) is 9.27. The van der Waals surface area contributed by atoms with Crippen LogP contribution in [0.2, 0.25) is 0 Å². The van der Waals surface area contributed by atoms with Gasteiger partial charge in [0.15, 0.2) is 5.65 Å². The smallest absolute Gasteiger partial charge is 0.241 e. The number of anilines is 1. The molecule has 5 rings (SSSR count). The van der Waals surface area contributed by atoms with Crippen molar-refractivity contribution in [2.45, 2.75) is 6.54 Å². The first-order chi connectivity index (χ1) is 15.4. The number of aromatic nitrogens is 5. The van der Waals surface area contributed by atoms with Crippen molar-refractivity contribution in [2.24, 2.45) is 0 Å². The van der Waals surface area contributed by atoms with Crippen LogP contribution >= 0.6 is 0 Å². The van der Waals surface area contributed by atoms with Crippen molar-refractivity contribution in [3.05, 3.63) is 48.6 Å². The molecule has 3 aromatic heterocycles. The Balaban J connectivity index is 1.51. The molecule has 1 aromatic carbocycles. The average Bonchev–Trinajstić information content (AvgIpc) is 3.40. The van der Waals surface area contributed by atoms with E-state index in [1.807, 2.05) is 12.1 Å². The van der Waals surface area contributed by atoms with E-state index in [9.17, 15) is 8.42 Å². The number of imidazole rings is 1. The summed E-state index contributed by atoms with van der Waals surface area (Å²) in [6, 6.07) is 8.86. The first-order valence-electron chi connectivity index (χ1n) is 10.00. The molecule has 0 saturated carbocycles. The van der Waals surface area contributed by atoms with Gasteiger partial charge in [-0.25, -0.2) is 17.9 Å². The van der Waals surface area contributed by atoms with Crippen molar-refractivity contribution in [3.63, 3.8) is 0 Å². The molecular formula is C20H21N7O4S. The fraction of sp³-hybridized carbons (Fsp3) is 0.300. The topological polar surface area (TPSA) is 128 Å². The lowest BCUT2D eigenvalue weighted by Gasteiger charge is -2.24. The summed E-state index contributed by atoms with van der Waals surface area (Å²) in [6.07, 6.45) is 4.54. The number of sulfonamides is 1. The molecule has 1 saturated heterocycles. The Hall–Kier alpha value is -3.35. The van der Waals surface area contributed by atoms with E-state index in [2.05, 4.69) is 29.8 Å². The Bertz CT molecular complexity index is 1330. The number of nitrogens with zero attached hydrogens (tertiary/aromatic N) is 6. The summed E-state index contributed by atoms with van der Waals surface area (Å²) in [5.74, 6) is 0.857. The van der Waals surface area contributed by atoms with Crippen molar-refractivity contribution in [3.8, 4) is 22.6 Å². The van der Waals surface area contributed by atoms with E-state index in [0.29, 0.717) is 59.6 Å². The monoisotopic (exact) mass is 455 g/mol. The third-order valence-corrected chi connectivity index (χ3v) is 5.56. The summed E-state index contributed by atoms with van der Waals surface area (Å²) in [5, 5.41) is 8.35. The van der Waals surface area contributed by atoms with Gasteiger partial charge >= 0.3 is 0 Å². The van der Waals surface area contributed by atoms with Gasteiger partial charge in [0, 0.05) is 36.1 Å². The summed E-state index contributed by atoms with van der Waals surface area (Å²) < 4.78 is 38.7. The van der Waals surface area contributed by atoms with Crippen LogP contribution in [0, 0.1) is 0 Å². The quantitative estimate of drug-likeness (QED) is 0.461. The minimum atomic E-state index is -3.48. The van der Waals surface area contributed by atoms with E-state index in [1.54, 1.807) is 35.1 Å². The van der Waals surface area contributed by atoms with Gasteiger partial charge in [0.2, 0.25) is 21.7 Å². The number of fused-ring (bicyclic) bond motifs is 1. The molecular weight excluding hydrogens is 434 g/mol. The molecule has 1 aliphatic rings. The number of hydrogen-bond acceptors (Lipinski definition) is 9. The molecule has 166 valence electrons. The van der Waals surface area contributed by atoms with Gasteiger partial charge in [0.1, 0.15) is 0 Å². The Morgan fingerprint density at radius 3 is 2.72 bits per heavy atom. The maximum absolute atomic E-state index is 11.9. The second kappa shape index (κ2) is 8.30. The zero-order valence-electron chi connectivity index (χ0n) is 17.3. The van der Waals surface area contributed by atoms with Crippen molar-refractivity contribution in [1.82, 2.24) is 29.6 Å². The molecule has 12 heteroatoms. The summed E-state index contributed by atoms with van der Waals surface area (Å²) in [5.41, 5.74) is 3.00. The number of rotatable bonds is 6. The third kappa shape index (κ3) is 4.61.